The average molecular weight is 173 g/mol. The first kappa shape index (κ1) is 13.0. The van der Waals surface area contributed by atoms with Gasteiger partial charge in [-0.15, -0.1) is 4.91 Å². The predicted molar refractivity (Wildman–Crippen MR) is 44.5 cm³/mol. The molecule has 1 aromatic carbocycles. The number of hydrogen-bond donors (Lipinski definition) is 4. The van der Waals surface area contributed by atoms with E-state index in [0.29, 0.717) is 5.69 Å². The lowest BCUT2D eigenvalue weighted by Gasteiger charge is -1.92. The van der Waals surface area contributed by atoms with E-state index in [1.807, 2.05) is 23.7 Å². The molecule has 1 rings (SSSR count). The third-order valence-corrected chi connectivity index (χ3v) is 0.903. The lowest BCUT2D eigenvalue weighted by atomic mass is 10.3. The molecule has 0 saturated heterocycles. The third kappa shape index (κ3) is 6.46. The molecule has 12 heavy (non-hydrogen) atoms. The van der Waals surface area contributed by atoms with Gasteiger partial charge in [0.2, 0.25) is 0 Å². The molecule has 0 fully saturated rings. The number of rotatable bonds is 1. The Labute approximate surface area is 69.3 Å². The van der Waals surface area contributed by atoms with E-state index >= 15 is 0 Å². The molecular weight excluding hydrogens is 162 g/mol. The Morgan fingerprint density at radius 2 is 1.67 bits per heavy atom. The number of anilines is 1. The van der Waals surface area contributed by atoms with Crippen LogP contribution < -0.4 is 11.6 Å². The van der Waals surface area contributed by atoms with E-state index in [0.717, 1.165) is 0 Å². The van der Waals surface area contributed by atoms with Crippen molar-refractivity contribution < 1.29 is 10.4 Å². The van der Waals surface area contributed by atoms with Crippen LogP contribution >= 0.6 is 0 Å². The van der Waals surface area contributed by atoms with E-state index in [4.69, 9.17) is 15.3 Å². The summed E-state index contributed by atoms with van der Waals surface area (Å²) in [4.78, 5) is 8.11. The molecule has 1 aromatic rings. The number of nitrogens with one attached hydrogen (secondary N) is 1. The van der Waals surface area contributed by atoms with E-state index in [-0.39, 0.29) is 6.15 Å². The van der Waals surface area contributed by atoms with Gasteiger partial charge in [0, 0.05) is 0 Å². The predicted octanol–water partition coefficient (Wildman–Crippen LogP) is 1.79. The van der Waals surface area contributed by atoms with Crippen LogP contribution in [0.2, 0.25) is 0 Å². The SMILES string of the molecule is N.O=NO.ONc1ccccc1. The Morgan fingerprint density at radius 3 is 1.92 bits per heavy atom. The van der Waals surface area contributed by atoms with Gasteiger partial charge >= 0.3 is 0 Å². The van der Waals surface area contributed by atoms with E-state index < -0.39 is 0 Å². The summed E-state index contributed by atoms with van der Waals surface area (Å²) < 4.78 is 0. The minimum Gasteiger partial charge on any atom is -0.379 e. The Bertz CT molecular complexity index is 192. The monoisotopic (exact) mass is 173 g/mol. The van der Waals surface area contributed by atoms with Crippen molar-refractivity contribution in [2.24, 2.45) is 5.34 Å². The first-order chi connectivity index (χ1) is 5.35. The molecule has 0 atom stereocenters. The molecule has 6 N–H and O–H groups in total. The van der Waals surface area contributed by atoms with Gasteiger partial charge in [0.25, 0.3) is 0 Å². The van der Waals surface area contributed by atoms with E-state index in [9.17, 15) is 0 Å². The van der Waals surface area contributed by atoms with Gasteiger partial charge in [-0.3, -0.25) is 10.7 Å². The molecule has 0 aliphatic rings. The fourth-order valence-electron chi connectivity index (χ4n) is 0.513. The number of para-hydroxylation sites is 1. The quantitative estimate of drug-likeness (QED) is 0.381. The van der Waals surface area contributed by atoms with Crippen molar-refractivity contribution in [1.29, 1.82) is 0 Å². The maximum absolute atomic E-state index is 8.29. The first-order valence-corrected chi connectivity index (χ1v) is 2.77. The Kier molecular flexibility index (Phi) is 10.1. The minimum absolute atomic E-state index is 0. The molecule has 0 aliphatic carbocycles. The largest absolute Gasteiger partial charge is 0.379 e. The lowest BCUT2D eigenvalue weighted by Crippen LogP contribution is -1.85. The summed E-state index contributed by atoms with van der Waals surface area (Å²) in [6, 6.07) is 9.14. The topological polar surface area (TPSA) is 117 Å². The molecule has 0 spiro atoms. The van der Waals surface area contributed by atoms with Crippen LogP contribution in [0.1, 0.15) is 0 Å². The summed E-state index contributed by atoms with van der Waals surface area (Å²) in [5, 5.41) is 16.2. The minimum atomic E-state index is 0. The van der Waals surface area contributed by atoms with Crippen LogP contribution in [0.25, 0.3) is 0 Å². The van der Waals surface area contributed by atoms with Crippen LogP contribution in [0.4, 0.5) is 5.69 Å². The zero-order valence-electron chi connectivity index (χ0n) is 6.34. The summed E-state index contributed by atoms with van der Waals surface area (Å²) in [6.45, 7) is 0. The van der Waals surface area contributed by atoms with Gasteiger partial charge in [-0.2, -0.15) is 0 Å². The van der Waals surface area contributed by atoms with E-state index in [2.05, 4.69) is 0 Å². The zero-order valence-corrected chi connectivity index (χ0v) is 6.34. The first-order valence-electron chi connectivity index (χ1n) is 2.77. The summed E-state index contributed by atoms with van der Waals surface area (Å²) in [6.07, 6.45) is 0. The molecule has 68 valence electrons. The Morgan fingerprint density at radius 1 is 1.25 bits per heavy atom. The maximum Gasteiger partial charge on any atom is 0.152 e. The van der Waals surface area contributed by atoms with Crippen LogP contribution in [0.15, 0.2) is 35.7 Å². The lowest BCUT2D eigenvalue weighted by molar-refractivity contribution is 0.312. The second-order valence-corrected chi connectivity index (χ2v) is 1.56. The van der Waals surface area contributed by atoms with E-state index in [1.54, 1.807) is 12.1 Å². The van der Waals surface area contributed by atoms with Crippen LogP contribution in [0.5, 0.6) is 0 Å². The van der Waals surface area contributed by atoms with Crippen LogP contribution in [0.3, 0.4) is 0 Å². The van der Waals surface area contributed by atoms with Crippen molar-refractivity contribution in [3.8, 4) is 0 Å². The second kappa shape index (κ2) is 9.34. The van der Waals surface area contributed by atoms with Gasteiger partial charge in [0.05, 0.1) is 5.69 Å². The van der Waals surface area contributed by atoms with Gasteiger partial charge in [-0.1, -0.05) is 18.2 Å². The molecule has 0 saturated carbocycles. The highest BCUT2D eigenvalue weighted by Crippen LogP contribution is 2.01. The standard InChI is InChI=1S/C6H7NO.HNO2.H3N/c8-7-6-4-2-1-3-5-6;2-1-3;/h1-5,7-8H;(H,2,3);1H3. The Balaban J connectivity index is 0. The van der Waals surface area contributed by atoms with Crippen molar-refractivity contribution >= 4 is 5.69 Å². The number of nitrogens with zero attached hydrogens (tertiary/aromatic N) is 1. The Hall–Kier alpha value is -1.66. The van der Waals surface area contributed by atoms with Crippen molar-refractivity contribution in [3.63, 3.8) is 0 Å². The molecule has 0 bridgehead atoms. The number of hydrogen-bond acceptors (Lipinski definition) is 5. The summed E-state index contributed by atoms with van der Waals surface area (Å²) in [5.41, 5.74) is 2.74. The molecule has 0 aromatic heterocycles. The van der Waals surface area contributed by atoms with Crippen molar-refractivity contribution in [2.75, 3.05) is 5.48 Å². The molecule has 0 aliphatic heterocycles. The average Bonchev–Trinajstić information content (AvgIpc) is 2.08. The molecule has 0 radical (unpaired) electrons. The van der Waals surface area contributed by atoms with Gasteiger partial charge in [-0.05, 0) is 12.1 Å². The fraction of sp³-hybridized carbons (Fsp3) is 0. The highest BCUT2D eigenvalue weighted by Gasteiger charge is 1.79. The normalized spacial score (nSPS) is 6.75. The van der Waals surface area contributed by atoms with Gasteiger partial charge in [-0.25, -0.2) is 0 Å². The molecule has 0 unspecified atom stereocenters. The maximum atomic E-state index is 8.29. The van der Waals surface area contributed by atoms with Crippen LogP contribution in [-0.4, -0.2) is 10.4 Å². The molecular formula is C6H11N3O3. The summed E-state index contributed by atoms with van der Waals surface area (Å²) in [5.74, 6) is 0. The zero-order chi connectivity index (χ0) is 8.53. The molecule has 6 heteroatoms. The van der Waals surface area contributed by atoms with Crippen molar-refractivity contribution in [1.82, 2.24) is 6.15 Å². The van der Waals surface area contributed by atoms with Gasteiger partial charge < -0.3 is 11.4 Å². The summed E-state index contributed by atoms with van der Waals surface area (Å²) in [7, 11) is 0. The van der Waals surface area contributed by atoms with Gasteiger partial charge in [0.15, 0.2) is 5.34 Å². The third-order valence-electron chi connectivity index (χ3n) is 0.903. The fourth-order valence-corrected chi connectivity index (χ4v) is 0.513. The van der Waals surface area contributed by atoms with E-state index in [1.165, 1.54) is 5.34 Å². The molecule has 6 nitrogen and oxygen atoms in total. The second-order valence-electron chi connectivity index (χ2n) is 1.56. The van der Waals surface area contributed by atoms with Crippen LogP contribution in [-0.2, 0) is 0 Å². The van der Waals surface area contributed by atoms with Crippen LogP contribution in [0, 0.1) is 4.91 Å². The summed E-state index contributed by atoms with van der Waals surface area (Å²) >= 11 is 0. The molecule has 0 heterocycles. The molecule has 0 amide bonds. The van der Waals surface area contributed by atoms with Gasteiger partial charge in [0.1, 0.15) is 0 Å². The highest BCUT2D eigenvalue weighted by atomic mass is 16.6. The number of benzene rings is 1. The smallest absolute Gasteiger partial charge is 0.152 e. The van der Waals surface area contributed by atoms with Crippen molar-refractivity contribution in [3.05, 3.63) is 35.2 Å². The highest BCUT2D eigenvalue weighted by molar-refractivity contribution is 5.39. The van der Waals surface area contributed by atoms with Crippen molar-refractivity contribution in [2.45, 2.75) is 0 Å².